The van der Waals surface area contributed by atoms with E-state index in [1.165, 1.54) is 0 Å². The van der Waals surface area contributed by atoms with E-state index in [0.29, 0.717) is 46.1 Å². The molecular formula is C27H34N4O4S. The number of fused-ring (bicyclic) bond motifs is 1. The zero-order valence-electron chi connectivity index (χ0n) is 20.9. The summed E-state index contributed by atoms with van der Waals surface area (Å²) in [5, 5.41) is 8.94. The Kier molecular flexibility index (Phi) is 7.85. The van der Waals surface area contributed by atoms with Crippen LogP contribution in [0.4, 0.5) is 5.69 Å². The van der Waals surface area contributed by atoms with Gasteiger partial charge in [0.1, 0.15) is 0 Å². The summed E-state index contributed by atoms with van der Waals surface area (Å²) in [6.45, 7) is 7.74. The summed E-state index contributed by atoms with van der Waals surface area (Å²) in [5.74, 6) is -0.300. The van der Waals surface area contributed by atoms with Gasteiger partial charge in [0.25, 0.3) is 11.8 Å². The maximum atomic E-state index is 12.8. The number of rotatable bonds is 9. The van der Waals surface area contributed by atoms with E-state index in [0.717, 1.165) is 36.2 Å². The summed E-state index contributed by atoms with van der Waals surface area (Å²) in [7, 11) is -3.08. The number of H-pyrrole nitrogens is 1. The lowest BCUT2D eigenvalue weighted by atomic mass is 10.0. The summed E-state index contributed by atoms with van der Waals surface area (Å²) >= 11 is 0. The molecule has 0 unspecified atom stereocenters. The minimum absolute atomic E-state index is 0.143. The number of aromatic nitrogens is 1. The maximum absolute atomic E-state index is 12.8. The molecule has 1 aromatic heterocycles. The molecule has 0 bridgehead atoms. The van der Waals surface area contributed by atoms with Gasteiger partial charge in [-0.25, -0.2) is 0 Å². The Labute approximate surface area is 213 Å². The molecule has 0 radical (unpaired) electrons. The third-order valence-corrected chi connectivity index (χ3v) is 8.17. The highest BCUT2D eigenvalue weighted by Gasteiger charge is 2.28. The molecule has 36 heavy (non-hydrogen) atoms. The van der Waals surface area contributed by atoms with Gasteiger partial charge in [0.2, 0.25) is 0 Å². The number of allylic oxidation sites excluding steroid dienone is 3. The Morgan fingerprint density at radius 3 is 2.72 bits per heavy atom. The van der Waals surface area contributed by atoms with Crippen molar-refractivity contribution < 1.29 is 18.7 Å². The van der Waals surface area contributed by atoms with E-state index in [4.69, 9.17) is 0 Å². The Morgan fingerprint density at radius 2 is 2.00 bits per heavy atom. The number of amides is 2. The van der Waals surface area contributed by atoms with Crippen LogP contribution in [0.15, 0.2) is 46.9 Å². The Balaban J connectivity index is 1.62. The minimum Gasteiger partial charge on any atom is -0.358 e. The molecule has 1 aliphatic carbocycles. The van der Waals surface area contributed by atoms with Crippen LogP contribution < -0.4 is 16.0 Å². The Bertz CT molecular complexity index is 1270. The van der Waals surface area contributed by atoms with Crippen LogP contribution in [0, 0.1) is 13.8 Å². The van der Waals surface area contributed by atoms with Crippen LogP contribution in [0.25, 0.3) is 11.6 Å². The summed E-state index contributed by atoms with van der Waals surface area (Å²) in [4.78, 5) is 29.2. The van der Waals surface area contributed by atoms with Crippen molar-refractivity contribution in [2.75, 3.05) is 30.7 Å². The van der Waals surface area contributed by atoms with Gasteiger partial charge in [-0.1, -0.05) is 25.2 Å². The van der Waals surface area contributed by atoms with Crippen molar-refractivity contribution in [1.29, 1.82) is 0 Å². The minimum atomic E-state index is -3.08. The van der Waals surface area contributed by atoms with Crippen molar-refractivity contribution in [3.05, 3.63) is 70.1 Å². The van der Waals surface area contributed by atoms with Gasteiger partial charge in [-0.3, -0.25) is 18.7 Å². The number of benzene rings is 1. The Morgan fingerprint density at radius 1 is 1.19 bits per heavy atom. The summed E-state index contributed by atoms with van der Waals surface area (Å²) < 4.78 is 21.9. The SMILES string of the molecule is CCNCCNC(=O)c1c(C)[nH]c(C=C2C(=O)Nc3ccc(S(O)(O)CC4=CCCC=C4)cc32)c1C. The highest BCUT2D eigenvalue weighted by molar-refractivity contribution is 8.24. The number of likely N-dealkylation sites (N-methyl/N-ethyl adjacent to an activating group) is 1. The maximum Gasteiger partial charge on any atom is 0.256 e. The number of carbonyl (C=O) groups is 2. The van der Waals surface area contributed by atoms with Gasteiger partial charge in [-0.05, 0) is 68.6 Å². The first-order valence-electron chi connectivity index (χ1n) is 12.2. The van der Waals surface area contributed by atoms with Gasteiger partial charge >= 0.3 is 0 Å². The monoisotopic (exact) mass is 510 g/mol. The molecular weight excluding hydrogens is 476 g/mol. The Hall–Kier alpha value is -3.11. The normalized spacial score (nSPS) is 16.6. The van der Waals surface area contributed by atoms with Gasteiger partial charge < -0.3 is 20.9 Å². The molecule has 8 nitrogen and oxygen atoms in total. The highest BCUT2D eigenvalue weighted by Crippen LogP contribution is 2.51. The molecule has 0 spiro atoms. The summed E-state index contributed by atoms with van der Waals surface area (Å²) in [6.07, 6.45) is 9.57. The molecule has 6 N–H and O–H groups in total. The molecule has 0 atom stereocenters. The predicted octanol–water partition coefficient (Wildman–Crippen LogP) is 4.85. The fourth-order valence-electron chi connectivity index (χ4n) is 4.54. The van der Waals surface area contributed by atoms with Crippen LogP contribution in [-0.4, -0.2) is 51.3 Å². The van der Waals surface area contributed by atoms with Gasteiger partial charge in [-0.15, -0.1) is 0 Å². The molecule has 1 aliphatic heterocycles. The van der Waals surface area contributed by atoms with Gasteiger partial charge in [-0.2, -0.15) is 10.6 Å². The third-order valence-electron chi connectivity index (χ3n) is 6.42. The second-order valence-electron chi connectivity index (χ2n) is 9.06. The van der Waals surface area contributed by atoms with Gasteiger partial charge in [0.15, 0.2) is 0 Å². The van der Waals surface area contributed by atoms with Crippen LogP contribution in [0.2, 0.25) is 0 Å². The second-order valence-corrected chi connectivity index (χ2v) is 11.2. The van der Waals surface area contributed by atoms with Crippen LogP contribution in [-0.2, 0) is 4.79 Å². The zero-order valence-corrected chi connectivity index (χ0v) is 21.7. The number of nitrogens with one attached hydrogen (secondary N) is 4. The molecule has 2 aromatic rings. The molecule has 2 aliphatic rings. The molecule has 9 heteroatoms. The number of hydrogen-bond donors (Lipinski definition) is 6. The van der Waals surface area contributed by atoms with E-state index in [1.54, 1.807) is 24.3 Å². The first kappa shape index (κ1) is 26.0. The first-order chi connectivity index (χ1) is 17.2. The van der Waals surface area contributed by atoms with Gasteiger partial charge in [0, 0.05) is 35.7 Å². The summed E-state index contributed by atoms with van der Waals surface area (Å²) in [6, 6.07) is 5.05. The lowest BCUT2D eigenvalue weighted by Crippen LogP contribution is -2.32. The summed E-state index contributed by atoms with van der Waals surface area (Å²) in [5.41, 5.74) is 5.22. The number of aryl methyl sites for hydroxylation is 1. The molecule has 4 rings (SSSR count). The average Bonchev–Trinajstić information content (AvgIpc) is 3.31. The van der Waals surface area contributed by atoms with E-state index in [9.17, 15) is 18.7 Å². The topological polar surface area (TPSA) is 126 Å². The van der Waals surface area contributed by atoms with Gasteiger partial charge in [0.05, 0.1) is 21.8 Å². The molecule has 0 fully saturated rings. The van der Waals surface area contributed by atoms with E-state index in [2.05, 4.69) is 20.9 Å². The van der Waals surface area contributed by atoms with Crippen molar-refractivity contribution in [2.45, 2.75) is 38.5 Å². The van der Waals surface area contributed by atoms with Crippen LogP contribution in [0.3, 0.4) is 0 Å². The molecule has 192 valence electrons. The second kappa shape index (κ2) is 10.9. The van der Waals surface area contributed by atoms with Crippen LogP contribution >= 0.6 is 10.6 Å². The lowest BCUT2D eigenvalue weighted by molar-refractivity contribution is -0.110. The smallest absolute Gasteiger partial charge is 0.256 e. The number of aromatic amines is 1. The highest BCUT2D eigenvalue weighted by atomic mass is 32.3. The van der Waals surface area contributed by atoms with Crippen LogP contribution in [0.1, 0.15) is 52.6 Å². The quantitative estimate of drug-likeness (QED) is 0.212. The zero-order chi connectivity index (χ0) is 25.9. The van der Waals surface area contributed by atoms with Crippen molar-refractivity contribution in [1.82, 2.24) is 15.6 Å². The van der Waals surface area contributed by atoms with E-state index >= 15 is 0 Å². The van der Waals surface area contributed by atoms with Crippen molar-refractivity contribution in [2.24, 2.45) is 0 Å². The van der Waals surface area contributed by atoms with E-state index in [1.807, 2.05) is 39.0 Å². The molecule has 2 heterocycles. The largest absolute Gasteiger partial charge is 0.358 e. The van der Waals surface area contributed by atoms with Crippen molar-refractivity contribution in [3.8, 4) is 0 Å². The fraction of sp³-hybridized carbons (Fsp3) is 0.333. The van der Waals surface area contributed by atoms with Crippen molar-refractivity contribution in [3.63, 3.8) is 0 Å². The fourth-order valence-corrected chi connectivity index (χ4v) is 5.98. The molecule has 0 saturated heterocycles. The predicted molar refractivity (Wildman–Crippen MR) is 147 cm³/mol. The van der Waals surface area contributed by atoms with E-state index < -0.39 is 10.6 Å². The first-order valence-corrected chi connectivity index (χ1v) is 13.9. The molecule has 1 aromatic carbocycles. The molecule has 2 amide bonds. The van der Waals surface area contributed by atoms with E-state index in [-0.39, 0.29) is 17.6 Å². The number of anilines is 1. The van der Waals surface area contributed by atoms with Crippen LogP contribution in [0.5, 0.6) is 0 Å². The lowest BCUT2D eigenvalue weighted by Gasteiger charge is -2.33. The molecule has 0 saturated carbocycles. The number of hydrogen-bond acceptors (Lipinski definition) is 5. The van der Waals surface area contributed by atoms with Crippen molar-refractivity contribution >= 4 is 39.7 Å². The number of carbonyl (C=O) groups excluding carboxylic acids is 2. The standard InChI is InChI=1S/C27H34N4O4S/c1-4-28-12-13-29-27(33)25-17(2)24(30-18(25)3)15-22-21-14-20(10-11-23(21)31-26(22)32)36(34,35)16-19-8-6-5-7-9-19/h6,8-11,14-15,28,30,34-35H,4-5,7,12-13,16H2,1-3H3,(H,29,33)(H,31,32). The average molecular weight is 511 g/mol. The third kappa shape index (κ3) is 5.49.